The maximum atomic E-state index is 13.4. The Balaban J connectivity index is 3.16. The van der Waals surface area contributed by atoms with Gasteiger partial charge < -0.3 is 10.1 Å². The van der Waals surface area contributed by atoms with E-state index in [1.807, 2.05) is 0 Å². The molecule has 0 saturated carbocycles. The molecule has 94 valence electrons. The zero-order valence-electron chi connectivity index (χ0n) is 9.91. The summed E-state index contributed by atoms with van der Waals surface area (Å²) >= 11 is 0. The number of hydrogen-bond acceptors (Lipinski definition) is 4. The minimum atomic E-state index is -0.689. The smallest absolute Gasteiger partial charge is 0.339 e. The Morgan fingerprint density at radius 3 is 2.72 bits per heavy atom. The lowest BCUT2D eigenvalue weighted by molar-refractivity contribution is -0.115. The molecule has 0 aliphatic rings. The van der Waals surface area contributed by atoms with Crippen molar-refractivity contribution < 1.29 is 18.7 Å². The molecule has 0 saturated heterocycles. The molecular formula is C12H11FN2O3. The van der Waals surface area contributed by atoms with Crippen LogP contribution in [0.5, 0.6) is 0 Å². The summed E-state index contributed by atoms with van der Waals surface area (Å²) < 4.78 is 17.9. The van der Waals surface area contributed by atoms with Gasteiger partial charge >= 0.3 is 5.97 Å². The number of aryl methyl sites for hydroxylation is 1. The van der Waals surface area contributed by atoms with E-state index in [1.165, 1.54) is 20.1 Å². The van der Waals surface area contributed by atoms with Gasteiger partial charge in [0.1, 0.15) is 12.2 Å². The summed E-state index contributed by atoms with van der Waals surface area (Å²) in [4.78, 5) is 22.7. The first-order valence-electron chi connectivity index (χ1n) is 5.05. The molecule has 6 heteroatoms. The third kappa shape index (κ3) is 3.04. The number of benzene rings is 1. The topological polar surface area (TPSA) is 79.2 Å². The number of methoxy groups -OCH3 is 1. The number of amides is 1. The molecule has 0 atom stereocenters. The van der Waals surface area contributed by atoms with Gasteiger partial charge in [-0.15, -0.1) is 0 Å². The van der Waals surface area contributed by atoms with E-state index in [0.717, 1.165) is 6.07 Å². The van der Waals surface area contributed by atoms with E-state index in [2.05, 4.69) is 10.1 Å². The molecule has 0 unspecified atom stereocenters. The van der Waals surface area contributed by atoms with Crippen LogP contribution >= 0.6 is 0 Å². The van der Waals surface area contributed by atoms with Gasteiger partial charge in [0.15, 0.2) is 0 Å². The van der Waals surface area contributed by atoms with E-state index in [4.69, 9.17) is 5.26 Å². The second-order valence-corrected chi connectivity index (χ2v) is 3.52. The monoisotopic (exact) mass is 250 g/mol. The minimum absolute atomic E-state index is 0.00907. The standard InChI is InChI=1S/C12H11FN2O3/c1-7-5-8(12(17)18-2)10(6-9(7)13)15-11(16)3-4-14/h5-6H,3H2,1-2H3,(H,15,16). The van der Waals surface area contributed by atoms with E-state index in [1.54, 1.807) is 6.07 Å². The molecule has 0 radical (unpaired) electrons. The van der Waals surface area contributed by atoms with Gasteiger partial charge in [-0.1, -0.05) is 0 Å². The number of anilines is 1. The van der Waals surface area contributed by atoms with E-state index >= 15 is 0 Å². The average molecular weight is 250 g/mol. The molecule has 1 aromatic carbocycles. The minimum Gasteiger partial charge on any atom is -0.465 e. The van der Waals surface area contributed by atoms with Crippen molar-refractivity contribution in [2.75, 3.05) is 12.4 Å². The predicted octanol–water partition coefficient (Wildman–Crippen LogP) is 1.77. The lowest BCUT2D eigenvalue weighted by Gasteiger charge is -2.10. The summed E-state index contributed by atoms with van der Waals surface area (Å²) in [7, 11) is 1.18. The van der Waals surface area contributed by atoms with Crippen LogP contribution in [-0.2, 0) is 9.53 Å². The number of nitrogens with one attached hydrogen (secondary N) is 1. The largest absolute Gasteiger partial charge is 0.465 e. The van der Waals surface area contributed by atoms with Crippen LogP contribution in [0, 0.1) is 24.1 Å². The maximum absolute atomic E-state index is 13.4. The first-order valence-corrected chi connectivity index (χ1v) is 5.05. The van der Waals surface area contributed by atoms with Gasteiger partial charge in [-0.05, 0) is 24.6 Å². The first kappa shape index (κ1) is 13.6. The van der Waals surface area contributed by atoms with Gasteiger partial charge in [0.25, 0.3) is 0 Å². The second kappa shape index (κ2) is 5.77. The Morgan fingerprint density at radius 1 is 1.50 bits per heavy atom. The number of halogens is 1. The molecule has 0 aliphatic heterocycles. The number of esters is 1. The van der Waals surface area contributed by atoms with Crippen LogP contribution in [0.1, 0.15) is 22.3 Å². The fraction of sp³-hybridized carbons (Fsp3) is 0.250. The molecule has 1 N–H and O–H groups in total. The molecule has 1 aromatic rings. The van der Waals surface area contributed by atoms with Crippen molar-refractivity contribution in [3.63, 3.8) is 0 Å². The highest BCUT2D eigenvalue weighted by Crippen LogP contribution is 2.21. The third-order valence-electron chi connectivity index (χ3n) is 2.22. The molecule has 5 nitrogen and oxygen atoms in total. The molecule has 0 fully saturated rings. The van der Waals surface area contributed by atoms with Crippen molar-refractivity contribution in [1.82, 2.24) is 0 Å². The molecule has 0 aliphatic carbocycles. The number of ether oxygens (including phenoxy) is 1. The van der Waals surface area contributed by atoms with Gasteiger partial charge in [-0.2, -0.15) is 5.26 Å². The Bertz CT molecular complexity index is 535. The number of hydrogen-bond donors (Lipinski definition) is 1. The molecule has 1 rings (SSSR count). The molecular weight excluding hydrogens is 239 g/mol. The normalized spacial score (nSPS) is 9.44. The van der Waals surface area contributed by atoms with Crippen LogP contribution in [0.3, 0.4) is 0 Å². The van der Waals surface area contributed by atoms with E-state index in [0.29, 0.717) is 0 Å². The zero-order chi connectivity index (χ0) is 13.7. The highest BCUT2D eigenvalue weighted by atomic mass is 19.1. The summed E-state index contributed by atoms with van der Waals surface area (Å²) in [6.45, 7) is 1.49. The summed E-state index contributed by atoms with van der Waals surface area (Å²) in [6.07, 6.45) is -0.379. The Hall–Kier alpha value is -2.42. The second-order valence-electron chi connectivity index (χ2n) is 3.52. The maximum Gasteiger partial charge on any atom is 0.339 e. The van der Waals surface area contributed by atoms with Gasteiger partial charge in [0.2, 0.25) is 5.91 Å². The van der Waals surface area contributed by atoms with Crippen LogP contribution in [0.15, 0.2) is 12.1 Å². The number of carbonyl (C=O) groups excluding carboxylic acids is 2. The number of nitriles is 1. The summed E-state index contributed by atoms with van der Waals surface area (Å²) in [6, 6.07) is 3.96. The summed E-state index contributed by atoms with van der Waals surface area (Å²) in [5.41, 5.74) is 0.293. The van der Waals surface area contributed by atoms with Crippen molar-refractivity contribution in [2.24, 2.45) is 0 Å². The third-order valence-corrected chi connectivity index (χ3v) is 2.22. The molecule has 0 heterocycles. The fourth-order valence-electron chi connectivity index (χ4n) is 1.33. The Labute approximate surface area is 103 Å². The van der Waals surface area contributed by atoms with E-state index in [-0.39, 0.29) is 23.2 Å². The van der Waals surface area contributed by atoms with Gasteiger partial charge in [-0.25, -0.2) is 9.18 Å². The molecule has 0 bridgehead atoms. The van der Waals surface area contributed by atoms with Crippen LogP contribution in [0.25, 0.3) is 0 Å². The quantitative estimate of drug-likeness (QED) is 0.829. The van der Waals surface area contributed by atoms with E-state index < -0.39 is 17.7 Å². The van der Waals surface area contributed by atoms with Crippen molar-refractivity contribution in [1.29, 1.82) is 5.26 Å². The highest BCUT2D eigenvalue weighted by Gasteiger charge is 2.16. The number of nitrogens with zero attached hydrogens (tertiary/aromatic N) is 1. The van der Waals surface area contributed by atoms with Gasteiger partial charge in [-0.3, -0.25) is 4.79 Å². The van der Waals surface area contributed by atoms with Crippen molar-refractivity contribution in [3.8, 4) is 6.07 Å². The lowest BCUT2D eigenvalue weighted by atomic mass is 10.1. The van der Waals surface area contributed by atoms with Crippen LogP contribution < -0.4 is 5.32 Å². The SMILES string of the molecule is COC(=O)c1cc(C)c(F)cc1NC(=O)CC#N. The van der Waals surface area contributed by atoms with Crippen molar-refractivity contribution >= 4 is 17.6 Å². The van der Waals surface area contributed by atoms with Gasteiger partial charge in [0, 0.05) is 0 Å². The Kier molecular flexibility index (Phi) is 4.38. The fourth-order valence-corrected chi connectivity index (χ4v) is 1.33. The van der Waals surface area contributed by atoms with Crippen molar-refractivity contribution in [3.05, 3.63) is 29.1 Å². The molecule has 18 heavy (non-hydrogen) atoms. The summed E-state index contributed by atoms with van der Waals surface area (Å²) in [5.74, 6) is -1.87. The van der Waals surface area contributed by atoms with Crippen LogP contribution in [-0.4, -0.2) is 19.0 Å². The highest BCUT2D eigenvalue weighted by molar-refractivity contribution is 6.01. The van der Waals surface area contributed by atoms with Crippen molar-refractivity contribution in [2.45, 2.75) is 13.3 Å². The zero-order valence-corrected chi connectivity index (χ0v) is 9.91. The molecule has 0 aromatic heterocycles. The Morgan fingerprint density at radius 2 is 2.17 bits per heavy atom. The lowest BCUT2D eigenvalue weighted by Crippen LogP contribution is -2.15. The van der Waals surface area contributed by atoms with Gasteiger partial charge in [0.05, 0.1) is 24.4 Å². The molecule has 0 spiro atoms. The predicted molar refractivity (Wildman–Crippen MR) is 61.3 cm³/mol. The van der Waals surface area contributed by atoms with Crippen LogP contribution in [0.4, 0.5) is 10.1 Å². The molecule has 1 amide bonds. The average Bonchev–Trinajstić information content (AvgIpc) is 2.32. The number of carbonyl (C=O) groups is 2. The summed E-state index contributed by atoms with van der Waals surface area (Å²) in [5, 5.41) is 10.7. The van der Waals surface area contributed by atoms with Crippen LogP contribution in [0.2, 0.25) is 0 Å². The number of rotatable bonds is 3. The van der Waals surface area contributed by atoms with E-state index in [9.17, 15) is 14.0 Å². The first-order chi connectivity index (χ1) is 8.49.